The highest BCUT2D eigenvalue weighted by molar-refractivity contribution is 7.90. The number of aromatic nitrogens is 2. The average molecular weight is 480 g/mol. The first kappa shape index (κ1) is 23.1. The van der Waals surface area contributed by atoms with Crippen molar-refractivity contribution in [2.45, 2.75) is 37.6 Å². The molecule has 0 aliphatic rings. The molecule has 0 fully saturated rings. The van der Waals surface area contributed by atoms with E-state index < -0.39 is 9.84 Å². The van der Waals surface area contributed by atoms with Crippen LogP contribution in [0.15, 0.2) is 71.9 Å². The predicted molar refractivity (Wildman–Crippen MR) is 132 cm³/mol. The van der Waals surface area contributed by atoms with E-state index >= 15 is 0 Å². The number of para-hydroxylation sites is 1. The van der Waals surface area contributed by atoms with Crippen LogP contribution in [0.1, 0.15) is 36.5 Å². The first-order valence-electron chi connectivity index (χ1n) is 10.6. The van der Waals surface area contributed by atoms with Gasteiger partial charge in [-0.25, -0.2) is 13.4 Å². The summed E-state index contributed by atoms with van der Waals surface area (Å²) in [7, 11) is -3.28. The third-order valence-electron chi connectivity index (χ3n) is 5.36. The van der Waals surface area contributed by atoms with Gasteiger partial charge >= 0.3 is 0 Å². The average Bonchev–Trinajstić information content (AvgIpc) is 3.21. The topological polar surface area (TPSA) is 80.2 Å². The van der Waals surface area contributed by atoms with Crippen LogP contribution < -0.4 is 4.90 Å². The van der Waals surface area contributed by atoms with Crippen molar-refractivity contribution in [3.8, 4) is 0 Å². The third-order valence-corrected chi connectivity index (χ3v) is 7.54. The molecule has 0 saturated heterocycles. The molecule has 0 aliphatic carbocycles. The number of pyridine rings is 1. The van der Waals surface area contributed by atoms with E-state index in [0.717, 1.165) is 26.9 Å². The van der Waals surface area contributed by atoms with Crippen molar-refractivity contribution in [1.29, 1.82) is 0 Å². The van der Waals surface area contributed by atoms with Crippen LogP contribution in [0, 0.1) is 0 Å². The predicted octanol–water partition coefficient (Wildman–Crippen LogP) is 4.99. The molecule has 1 amide bonds. The number of sulfone groups is 1. The quantitative estimate of drug-likeness (QED) is 0.373. The number of carbonyl (C=O) groups is 1. The van der Waals surface area contributed by atoms with Gasteiger partial charge in [-0.2, -0.15) is 0 Å². The van der Waals surface area contributed by atoms with Gasteiger partial charge in [-0.1, -0.05) is 55.5 Å². The van der Waals surface area contributed by atoms with Crippen LogP contribution in [0.3, 0.4) is 0 Å². The molecule has 0 unspecified atom stereocenters. The van der Waals surface area contributed by atoms with Crippen LogP contribution in [0.5, 0.6) is 0 Å². The summed E-state index contributed by atoms with van der Waals surface area (Å²) in [5.41, 5.74) is 3.73. The van der Waals surface area contributed by atoms with Crippen molar-refractivity contribution in [3.63, 3.8) is 0 Å². The minimum Gasteiger partial charge on any atom is -0.283 e. The van der Waals surface area contributed by atoms with Crippen molar-refractivity contribution in [1.82, 2.24) is 9.97 Å². The summed E-state index contributed by atoms with van der Waals surface area (Å²) >= 11 is 1.50. The summed E-state index contributed by atoms with van der Waals surface area (Å²) in [6.07, 6.45) is 4.75. The number of amides is 1. The number of fused-ring (bicyclic) bond motifs is 1. The van der Waals surface area contributed by atoms with Gasteiger partial charge < -0.3 is 0 Å². The van der Waals surface area contributed by atoms with E-state index in [1.165, 1.54) is 29.7 Å². The van der Waals surface area contributed by atoms with Gasteiger partial charge in [0, 0.05) is 18.6 Å². The lowest BCUT2D eigenvalue weighted by Gasteiger charge is -2.20. The van der Waals surface area contributed by atoms with Gasteiger partial charge in [-0.3, -0.25) is 14.7 Å². The molecular weight excluding hydrogens is 454 g/mol. The number of hydrogen-bond donors (Lipinski definition) is 0. The number of rotatable bonds is 7. The zero-order valence-corrected chi connectivity index (χ0v) is 20.4. The largest absolute Gasteiger partial charge is 0.283 e. The second-order valence-corrected chi connectivity index (χ2v) is 11.3. The van der Waals surface area contributed by atoms with Crippen LogP contribution in [-0.4, -0.2) is 30.5 Å². The fourth-order valence-electron chi connectivity index (χ4n) is 3.60. The maximum absolute atomic E-state index is 13.4. The number of carbonyl (C=O) groups excluding carboxylic acids is 1. The second-order valence-electron chi connectivity index (χ2n) is 8.28. The molecule has 0 saturated carbocycles. The lowest BCUT2D eigenvalue weighted by atomic mass is 10.0. The van der Waals surface area contributed by atoms with E-state index in [0.29, 0.717) is 17.6 Å². The molecule has 0 radical (unpaired) electrons. The van der Waals surface area contributed by atoms with Crippen molar-refractivity contribution in [2.24, 2.45) is 0 Å². The maximum atomic E-state index is 13.4. The SMILES string of the molecule is CC(C)c1cccc2sc(N(Cc3cccnc3)C(=O)Cc3ccc(S(C)(=O)=O)cc3)nc12. The fourth-order valence-corrected chi connectivity index (χ4v) is 5.25. The smallest absolute Gasteiger partial charge is 0.233 e. The molecule has 0 spiro atoms. The highest BCUT2D eigenvalue weighted by atomic mass is 32.2. The Hall–Kier alpha value is -3.10. The Morgan fingerprint density at radius 1 is 1.03 bits per heavy atom. The summed E-state index contributed by atoms with van der Waals surface area (Å²) in [5, 5.41) is 0.639. The molecule has 2 aromatic carbocycles. The summed E-state index contributed by atoms with van der Waals surface area (Å²) in [6, 6.07) is 16.4. The molecule has 6 nitrogen and oxygen atoms in total. The van der Waals surface area contributed by atoms with Crippen molar-refractivity contribution < 1.29 is 13.2 Å². The number of thiazole rings is 1. The van der Waals surface area contributed by atoms with Crippen molar-refractivity contribution >= 4 is 42.4 Å². The van der Waals surface area contributed by atoms with Crippen LogP contribution in [0.25, 0.3) is 10.2 Å². The van der Waals surface area contributed by atoms with Gasteiger partial charge in [-0.15, -0.1) is 0 Å². The molecule has 0 aliphatic heterocycles. The van der Waals surface area contributed by atoms with Gasteiger partial charge in [0.15, 0.2) is 15.0 Å². The van der Waals surface area contributed by atoms with Crippen LogP contribution in [0.4, 0.5) is 5.13 Å². The minimum absolute atomic E-state index is 0.115. The molecule has 170 valence electrons. The minimum atomic E-state index is -3.28. The van der Waals surface area contributed by atoms with E-state index in [1.54, 1.807) is 29.4 Å². The van der Waals surface area contributed by atoms with E-state index in [2.05, 4.69) is 24.9 Å². The van der Waals surface area contributed by atoms with E-state index in [4.69, 9.17) is 4.98 Å². The normalized spacial score (nSPS) is 11.8. The molecule has 0 N–H and O–H groups in total. The number of benzene rings is 2. The van der Waals surface area contributed by atoms with Gasteiger partial charge in [0.25, 0.3) is 0 Å². The molecule has 33 heavy (non-hydrogen) atoms. The standard InChI is InChI=1S/C25H25N3O3S2/c1-17(2)21-7-4-8-22-24(21)27-25(32-22)28(16-19-6-5-13-26-15-19)23(29)14-18-9-11-20(12-10-18)33(3,30)31/h4-13,15,17H,14,16H2,1-3H3. The lowest BCUT2D eigenvalue weighted by molar-refractivity contribution is -0.118. The Balaban J connectivity index is 1.68. The Bertz CT molecular complexity index is 1380. The summed E-state index contributed by atoms with van der Waals surface area (Å²) in [6.45, 7) is 4.62. The molecule has 0 atom stereocenters. The molecule has 2 aromatic heterocycles. The zero-order chi connectivity index (χ0) is 23.6. The first-order chi connectivity index (χ1) is 15.7. The zero-order valence-electron chi connectivity index (χ0n) is 18.7. The summed E-state index contributed by atoms with van der Waals surface area (Å²) < 4.78 is 24.5. The van der Waals surface area contributed by atoms with Crippen LogP contribution in [0.2, 0.25) is 0 Å². The lowest BCUT2D eigenvalue weighted by Crippen LogP contribution is -2.31. The Kier molecular flexibility index (Phi) is 6.58. The Labute approximate surface area is 197 Å². The van der Waals surface area contributed by atoms with Crippen LogP contribution >= 0.6 is 11.3 Å². The van der Waals surface area contributed by atoms with Gasteiger partial charge in [0.05, 0.1) is 28.1 Å². The van der Waals surface area contributed by atoms with E-state index in [1.807, 2.05) is 24.3 Å². The van der Waals surface area contributed by atoms with Gasteiger partial charge in [0.1, 0.15) is 0 Å². The first-order valence-corrected chi connectivity index (χ1v) is 13.3. The Morgan fingerprint density at radius 2 is 1.79 bits per heavy atom. The van der Waals surface area contributed by atoms with Gasteiger partial charge in [0.2, 0.25) is 5.91 Å². The molecule has 8 heteroatoms. The summed E-state index contributed by atoms with van der Waals surface area (Å²) in [5.74, 6) is 0.204. The maximum Gasteiger partial charge on any atom is 0.233 e. The van der Waals surface area contributed by atoms with Crippen LogP contribution in [-0.2, 0) is 27.6 Å². The highest BCUT2D eigenvalue weighted by Crippen LogP contribution is 2.34. The monoisotopic (exact) mass is 479 g/mol. The van der Waals surface area contributed by atoms with Crippen molar-refractivity contribution in [3.05, 3.63) is 83.7 Å². The highest BCUT2D eigenvalue weighted by Gasteiger charge is 2.22. The van der Waals surface area contributed by atoms with Gasteiger partial charge in [-0.05, 0) is 46.9 Å². The molecule has 4 rings (SSSR count). The Morgan fingerprint density at radius 3 is 2.42 bits per heavy atom. The second kappa shape index (κ2) is 9.41. The van der Waals surface area contributed by atoms with E-state index in [9.17, 15) is 13.2 Å². The molecule has 0 bridgehead atoms. The third kappa shape index (κ3) is 5.29. The van der Waals surface area contributed by atoms with E-state index in [-0.39, 0.29) is 17.2 Å². The number of hydrogen-bond acceptors (Lipinski definition) is 6. The fraction of sp³-hybridized carbons (Fsp3) is 0.240. The molecule has 2 heterocycles. The van der Waals surface area contributed by atoms with Crippen molar-refractivity contribution in [2.75, 3.05) is 11.2 Å². The number of anilines is 1. The molecular formula is C25H25N3O3S2. The molecule has 4 aromatic rings. The summed E-state index contributed by atoms with van der Waals surface area (Å²) in [4.78, 5) is 24.4. The number of nitrogens with zero attached hydrogens (tertiary/aromatic N) is 3.